The fraction of sp³-hybridized carbons (Fsp3) is 0.857. The predicted molar refractivity (Wildman–Crippen MR) is 197 cm³/mol. The van der Waals surface area contributed by atoms with Crippen molar-refractivity contribution in [1.29, 1.82) is 0 Å². The Hall–Kier alpha value is -2.26. The van der Waals surface area contributed by atoms with Crippen LogP contribution >= 0.6 is 0 Å². The Morgan fingerprint density at radius 1 is 0.922 bits per heavy atom. The summed E-state index contributed by atoms with van der Waals surface area (Å²) in [6.07, 6.45) is 6.45. The summed E-state index contributed by atoms with van der Waals surface area (Å²) < 4.78 is 6.15. The van der Waals surface area contributed by atoms with Gasteiger partial charge in [-0.3, -0.25) is 19.2 Å². The fourth-order valence-corrected chi connectivity index (χ4v) is 13.0. The second kappa shape index (κ2) is 13.2. The van der Waals surface area contributed by atoms with Crippen LogP contribution in [0.2, 0.25) is 0 Å². The minimum atomic E-state index is -1.18. The van der Waals surface area contributed by atoms with E-state index >= 15 is 0 Å². The van der Waals surface area contributed by atoms with E-state index in [4.69, 9.17) is 10.5 Å². The highest BCUT2D eigenvalue weighted by molar-refractivity contribution is 6.00. The van der Waals surface area contributed by atoms with Crippen LogP contribution in [0.1, 0.15) is 140 Å². The topological polar surface area (TPSA) is 147 Å². The normalized spacial score (nSPS) is 38.1. The van der Waals surface area contributed by atoms with Crippen LogP contribution in [0.3, 0.4) is 0 Å². The highest BCUT2D eigenvalue weighted by atomic mass is 16.5. The van der Waals surface area contributed by atoms with Crippen molar-refractivity contribution in [3.05, 3.63) is 11.1 Å². The number of rotatable bonds is 10. The Morgan fingerprint density at radius 3 is 2.14 bits per heavy atom. The van der Waals surface area contributed by atoms with E-state index in [-0.39, 0.29) is 76.8 Å². The van der Waals surface area contributed by atoms with Gasteiger partial charge in [0.05, 0.1) is 24.5 Å². The number of ether oxygens (including phenoxy) is 1. The van der Waals surface area contributed by atoms with Gasteiger partial charge >= 0.3 is 11.9 Å². The van der Waals surface area contributed by atoms with Gasteiger partial charge in [-0.05, 0) is 125 Å². The molecule has 9 nitrogen and oxygen atoms in total. The van der Waals surface area contributed by atoms with E-state index in [1.807, 2.05) is 13.8 Å². The first-order valence-electron chi connectivity index (χ1n) is 19.8. The zero-order chi connectivity index (χ0) is 38.3. The lowest BCUT2D eigenvalue weighted by molar-refractivity contribution is -0.235. The van der Waals surface area contributed by atoms with Gasteiger partial charge in [-0.15, -0.1) is 0 Å². The van der Waals surface area contributed by atoms with Crippen molar-refractivity contribution in [2.75, 3.05) is 13.1 Å². The lowest BCUT2D eigenvalue weighted by atomic mass is 9.33. The van der Waals surface area contributed by atoms with Crippen LogP contribution in [-0.2, 0) is 23.9 Å². The van der Waals surface area contributed by atoms with Gasteiger partial charge in [0.15, 0.2) is 5.78 Å². The third-order valence-corrected chi connectivity index (χ3v) is 16.0. The van der Waals surface area contributed by atoms with Crippen molar-refractivity contribution in [2.45, 2.75) is 159 Å². The molecule has 1 unspecified atom stereocenters. The summed E-state index contributed by atoms with van der Waals surface area (Å²) in [5, 5.41) is 21.8. The van der Waals surface area contributed by atoms with Gasteiger partial charge in [-0.25, -0.2) is 0 Å². The molecule has 5 rings (SSSR count). The van der Waals surface area contributed by atoms with Gasteiger partial charge in [0.2, 0.25) is 5.91 Å². The number of carbonyl (C=O) groups excluding carboxylic acids is 3. The number of hydrogen-bond acceptors (Lipinski definition) is 7. The molecule has 0 aliphatic heterocycles. The maximum absolute atomic E-state index is 14.0. The SMILES string of the molecule is CC(C)C1=C2[C@H]3CC[C@@H]4[C@@]5(C)CC[C@H](OC(=O)CC(C)(C)C(=O)O)C(C)(C)[C@@H]5CC[C@@]4(C)[C@]3(C)CCC2([C@@H](O)CN(C(=O)CN)C(C)C)CC1=O. The van der Waals surface area contributed by atoms with Gasteiger partial charge in [-0.1, -0.05) is 54.0 Å². The van der Waals surface area contributed by atoms with Crippen LogP contribution in [0.4, 0.5) is 0 Å². The number of aliphatic hydroxyl groups excluding tert-OH is 1. The average molecular weight is 713 g/mol. The number of carboxylic acids is 1. The minimum Gasteiger partial charge on any atom is -0.481 e. The van der Waals surface area contributed by atoms with Crippen molar-refractivity contribution in [3.63, 3.8) is 0 Å². The summed E-state index contributed by atoms with van der Waals surface area (Å²) in [7, 11) is 0. The van der Waals surface area contributed by atoms with Crippen molar-refractivity contribution in [3.8, 4) is 0 Å². The molecule has 1 amide bonds. The molecule has 288 valence electrons. The maximum Gasteiger partial charge on any atom is 0.309 e. The number of aliphatic carboxylic acids is 1. The Morgan fingerprint density at radius 2 is 1.57 bits per heavy atom. The molecular formula is C42H68N2O7. The molecule has 5 aliphatic carbocycles. The van der Waals surface area contributed by atoms with Crippen LogP contribution in [0.25, 0.3) is 0 Å². The average Bonchev–Trinajstić information content (AvgIpc) is 3.34. The minimum absolute atomic E-state index is 0.00357. The molecule has 5 aliphatic rings. The van der Waals surface area contributed by atoms with E-state index < -0.39 is 28.9 Å². The molecule has 0 saturated heterocycles. The lowest BCUT2D eigenvalue weighted by Crippen LogP contribution is -2.66. The number of nitrogens with two attached hydrogens (primary N) is 1. The summed E-state index contributed by atoms with van der Waals surface area (Å²) in [5.74, 6) is -0.451. The molecule has 0 bridgehead atoms. The third-order valence-electron chi connectivity index (χ3n) is 16.0. The molecule has 51 heavy (non-hydrogen) atoms. The lowest BCUT2D eigenvalue weighted by Gasteiger charge is -2.72. The van der Waals surface area contributed by atoms with E-state index in [0.29, 0.717) is 18.3 Å². The molecule has 0 aromatic carbocycles. The van der Waals surface area contributed by atoms with Crippen LogP contribution in [0.15, 0.2) is 11.1 Å². The molecule has 0 aromatic heterocycles. The number of aliphatic hydroxyl groups is 1. The molecule has 4 saturated carbocycles. The molecule has 9 atom stereocenters. The van der Waals surface area contributed by atoms with E-state index in [2.05, 4.69) is 48.5 Å². The van der Waals surface area contributed by atoms with E-state index in [1.165, 1.54) is 5.57 Å². The van der Waals surface area contributed by atoms with E-state index in [1.54, 1.807) is 18.7 Å². The number of carbonyl (C=O) groups is 4. The van der Waals surface area contributed by atoms with Crippen LogP contribution in [0, 0.1) is 56.2 Å². The zero-order valence-corrected chi connectivity index (χ0v) is 33.5. The quantitative estimate of drug-likeness (QED) is 0.207. The van der Waals surface area contributed by atoms with Gasteiger partial charge in [0.1, 0.15) is 6.10 Å². The molecule has 0 heterocycles. The number of allylic oxidation sites excluding steroid dienone is 1. The number of nitrogens with zero attached hydrogens (tertiary/aromatic N) is 1. The van der Waals surface area contributed by atoms with Crippen LogP contribution < -0.4 is 5.73 Å². The Balaban J connectivity index is 1.47. The van der Waals surface area contributed by atoms with Crippen molar-refractivity contribution in [2.24, 2.45) is 61.9 Å². The Labute approximate surface area is 306 Å². The van der Waals surface area contributed by atoms with Crippen molar-refractivity contribution >= 4 is 23.6 Å². The molecule has 0 aromatic rings. The second-order valence-corrected chi connectivity index (χ2v) is 19.9. The predicted octanol–water partition coefficient (Wildman–Crippen LogP) is 6.94. The maximum atomic E-state index is 14.0. The number of fused-ring (bicyclic) bond motifs is 7. The second-order valence-electron chi connectivity index (χ2n) is 19.9. The number of esters is 1. The first kappa shape index (κ1) is 39.9. The monoisotopic (exact) mass is 713 g/mol. The molecule has 0 spiro atoms. The van der Waals surface area contributed by atoms with E-state index in [9.17, 15) is 29.4 Å². The smallest absolute Gasteiger partial charge is 0.309 e. The van der Waals surface area contributed by atoms with Gasteiger partial charge in [0.25, 0.3) is 0 Å². The fourth-order valence-electron chi connectivity index (χ4n) is 13.0. The van der Waals surface area contributed by atoms with Crippen LogP contribution in [-0.4, -0.2) is 70.1 Å². The molecule has 9 heteroatoms. The Bertz CT molecular complexity index is 1460. The highest BCUT2D eigenvalue weighted by Crippen LogP contribution is 2.77. The summed E-state index contributed by atoms with van der Waals surface area (Å²) in [6.45, 7) is 23.3. The first-order valence-corrected chi connectivity index (χ1v) is 19.8. The number of Topliss-reactive ketones (excluding diaryl/α,β-unsaturated/α-hetero) is 1. The largest absolute Gasteiger partial charge is 0.481 e. The van der Waals surface area contributed by atoms with Crippen LogP contribution in [0.5, 0.6) is 0 Å². The summed E-state index contributed by atoms with van der Waals surface area (Å²) in [5.41, 5.74) is 5.74. The summed E-state index contributed by atoms with van der Waals surface area (Å²) in [6, 6.07) is -0.111. The standard InChI is InChI=1S/C42H68N2O7/c1-24(2)34-27(45)20-42(30(46)23-44(25(3)4)32(47)22-43)19-18-40(10)26(35(34)42)12-13-29-39(9)16-15-31(51-33(48)21-37(5,6)36(49)50)38(7,8)28(39)14-17-41(29,40)11/h24-26,28-31,46H,12-23,43H2,1-11H3,(H,49,50)/t26-,28+,29-,30+,31+,39+,40-,41-,42?/m1/s1. The van der Waals surface area contributed by atoms with Gasteiger partial charge in [0, 0.05) is 29.8 Å². The van der Waals surface area contributed by atoms with Crippen molar-refractivity contribution < 1.29 is 34.1 Å². The first-order chi connectivity index (χ1) is 23.4. The number of carboxylic acid groups (broad SMARTS) is 1. The highest BCUT2D eigenvalue weighted by Gasteiger charge is 2.71. The molecular weight excluding hydrogens is 644 g/mol. The summed E-state index contributed by atoms with van der Waals surface area (Å²) in [4.78, 5) is 53.4. The van der Waals surface area contributed by atoms with Gasteiger partial charge < -0.3 is 25.6 Å². The van der Waals surface area contributed by atoms with Crippen molar-refractivity contribution in [1.82, 2.24) is 4.90 Å². The molecule has 4 N–H and O–H groups in total. The summed E-state index contributed by atoms with van der Waals surface area (Å²) >= 11 is 0. The Kier molecular flexibility index (Phi) is 10.4. The number of amides is 1. The number of ketones is 1. The van der Waals surface area contributed by atoms with E-state index in [0.717, 1.165) is 56.9 Å². The third kappa shape index (κ3) is 6.03. The molecule has 4 fully saturated rings. The zero-order valence-electron chi connectivity index (χ0n) is 33.5. The number of hydrogen-bond donors (Lipinski definition) is 3. The van der Waals surface area contributed by atoms with Gasteiger partial charge in [-0.2, -0.15) is 0 Å². The molecule has 0 radical (unpaired) electrons.